The highest BCUT2D eigenvalue weighted by Gasteiger charge is 2.20. The van der Waals surface area contributed by atoms with Crippen LogP contribution in [0.2, 0.25) is 0 Å². The van der Waals surface area contributed by atoms with Crippen molar-refractivity contribution < 1.29 is 4.74 Å². The summed E-state index contributed by atoms with van der Waals surface area (Å²) in [6.07, 6.45) is 9.58. The van der Waals surface area contributed by atoms with Crippen LogP contribution in [0.4, 0.5) is 0 Å². The first-order valence-electron chi connectivity index (χ1n) is 7.24. The van der Waals surface area contributed by atoms with E-state index in [1.54, 1.807) is 0 Å². The molecule has 1 saturated carbocycles. The first kappa shape index (κ1) is 13.2. The third-order valence-corrected chi connectivity index (χ3v) is 3.82. The summed E-state index contributed by atoms with van der Waals surface area (Å²) in [7, 11) is 0. The smallest absolute Gasteiger partial charge is 0.122 e. The zero-order valence-corrected chi connectivity index (χ0v) is 11.5. The fourth-order valence-corrected chi connectivity index (χ4v) is 2.71. The van der Waals surface area contributed by atoms with Crippen LogP contribution in [-0.4, -0.2) is 6.61 Å². The number of unbranched alkanes of at least 4 members (excludes halogenated alkanes) is 1. The molecule has 1 aromatic rings. The van der Waals surface area contributed by atoms with Crippen molar-refractivity contribution >= 4 is 6.08 Å². The van der Waals surface area contributed by atoms with Crippen LogP contribution >= 0.6 is 0 Å². The van der Waals surface area contributed by atoms with Gasteiger partial charge in [0, 0.05) is 0 Å². The van der Waals surface area contributed by atoms with Gasteiger partial charge < -0.3 is 4.74 Å². The Bertz CT molecular complexity index is 389. The monoisotopic (exact) mass is 244 g/mol. The second kappa shape index (κ2) is 6.63. The van der Waals surface area contributed by atoms with Crippen LogP contribution in [0.15, 0.2) is 24.8 Å². The summed E-state index contributed by atoms with van der Waals surface area (Å²) in [5.41, 5.74) is 2.61. The van der Waals surface area contributed by atoms with Gasteiger partial charge in [-0.2, -0.15) is 0 Å². The maximum absolute atomic E-state index is 5.96. The van der Waals surface area contributed by atoms with Crippen LogP contribution in [0.1, 0.15) is 62.5 Å². The Morgan fingerprint density at radius 2 is 2.11 bits per heavy atom. The van der Waals surface area contributed by atoms with Gasteiger partial charge in [-0.05, 0) is 48.4 Å². The lowest BCUT2D eigenvalue weighted by Gasteiger charge is -2.17. The number of hydrogen-bond donors (Lipinski definition) is 0. The highest BCUT2D eigenvalue weighted by Crippen LogP contribution is 2.39. The van der Waals surface area contributed by atoms with E-state index in [4.69, 9.17) is 4.74 Å². The molecule has 2 rings (SSSR count). The molecule has 0 aliphatic heterocycles. The topological polar surface area (TPSA) is 9.23 Å². The van der Waals surface area contributed by atoms with Gasteiger partial charge in [0.2, 0.25) is 0 Å². The molecule has 1 aromatic carbocycles. The summed E-state index contributed by atoms with van der Waals surface area (Å²) in [5.74, 6) is 1.79. The Kier molecular flexibility index (Phi) is 4.86. The Balaban J connectivity index is 2.17. The van der Waals surface area contributed by atoms with Gasteiger partial charge in [-0.1, -0.05) is 44.9 Å². The molecule has 0 heterocycles. The van der Waals surface area contributed by atoms with Gasteiger partial charge in [0.15, 0.2) is 0 Å². The fraction of sp³-hybridized carbons (Fsp3) is 0.529. The van der Waals surface area contributed by atoms with Crippen LogP contribution in [0.3, 0.4) is 0 Å². The molecule has 18 heavy (non-hydrogen) atoms. The lowest BCUT2D eigenvalue weighted by atomic mass is 9.95. The van der Waals surface area contributed by atoms with Crippen molar-refractivity contribution in [1.29, 1.82) is 0 Å². The van der Waals surface area contributed by atoms with E-state index in [-0.39, 0.29) is 0 Å². The molecule has 1 aliphatic rings. The van der Waals surface area contributed by atoms with Crippen molar-refractivity contribution in [2.24, 2.45) is 0 Å². The second-order valence-corrected chi connectivity index (χ2v) is 5.18. The molecule has 1 nitrogen and oxygen atoms in total. The number of benzene rings is 1. The Labute approximate surface area is 111 Å². The Morgan fingerprint density at radius 3 is 2.78 bits per heavy atom. The molecule has 0 spiro atoms. The maximum atomic E-state index is 5.96. The van der Waals surface area contributed by atoms with Gasteiger partial charge in [-0.3, -0.25) is 0 Å². The third kappa shape index (κ3) is 3.16. The molecule has 1 aliphatic carbocycles. The van der Waals surface area contributed by atoms with E-state index in [9.17, 15) is 0 Å². The summed E-state index contributed by atoms with van der Waals surface area (Å²) in [6.45, 7) is 6.90. The van der Waals surface area contributed by atoms with Crippen molar-refractivity contribution in [1.82, 2.24) is 0 Å². The first-order chi connectivity index (χ1) is 8.85. The molecule has 0 bridgehead atoms. The molecule has 1 heteroatoms. The van der Waals surface area contributed by atoms with E-state index in [0.717, 1.165) is 18.8 Å². The summed E-state index contributed by atoms with van der Waals surface area (Å²) < 4.78 is 5.96. The van der Waals surface area contributed by atoms with E-state index < -0.39 is 0 Å². The second-order valence-electron chi connectivity index (χ2n) is 5.18. The number of rotatable bonds is 6. The molecule has 1 fully saturated rings. The number of ether oxygens (including phenoxy) is 1. The lowest BCUT2D eigenvalue weighted by molar-refractivity contribution is 0.304. The fourth-order valence-electron chi connectivity index (χ4n) is 2.71. The summed E-state index contributed by atoms with van der Waals surface area (Å²) in [4.78, 5) is 0. The highest BCUT2D eigenvalue weighted by atomic mass is 16.5. The van der Waals surface area contributed by atoms with Gasteiger partial charge in [-0.25, -0.2) is 0 Å². The Hall–Kier alpha value is -1.24. The van der Waals surface area contributed by atoms with E-state index >= 15 is 0 Å². The lowest BCUT2D eigenvalue weighted by Crippen LogP contribution is -2.02. The number of hydrogen-bond acceptors (Lipinski definition) is 1. The van der Waals surface area contributed by atoms with Crippen LogP contribution in [0.5, 0.6) is 5.75 Å². The zero-order valence-electron chi connectivity index (χ0n) is 11.5. The van der Waals surface area contributed by atoms with Crippen LogP contribution in [0, 0.1) is 0 Å². The predicted molar refractivity (Wildman–Crippen MR) is 78.1 cm³/mol. The molecule has 0 aromatic heterocycles. The van der Waals surface area contributed by atoms with Crippen molar-refractivity contribution in [3.05, 3.63) is 35.9 Å². The van der Waals surface area contributed by atoms with E-state index in [1.165, 1.54) is 43.2 Å². The summed E-state index contributed by atoms with van der Waals surface area (Å²) in [6, 6.07) is 6.50. The quantitative estimate of drug-likeness (QED) is 0.627. The van der Waals surface area contributed by atoms with Gasteiger partial charge in [0.1, 0.15) is 5.75 Å². The molecule has 0 saturated heterocycles. The zero-order chi connectivity index (χ0) is 12.8. The average molecular weight is 244 g/mol. The van der Waals surface area contributed by atoms with E-state index in [0.29, 0.717) is 5.92 Å². The van der Waals surface area contributed by atoms with Crippen LogP contribution < -0.4 is 4.74 Å². The SMILES string of the molecule is C=Cc1ccc(OCCCC)c(C2CCCC2)c1. The highest BCUT2D eigenvalue weighted by molar-refractivity contribution is 5.52. The summed E-state index contributed by atoms with van der Waals surface area (Å²) in [5, 5.41) is 0. The molecule has 0 N–H and O–H groups in total. The van der Waals surface area contributed by atoms with Crippen LogP contribution in [-0.2, 0) is 0 Å². The standard InChI is InChI=1S/C17H24O/c1-3-5-12-18-17-11-10-14(4-2)13-16(17)15-8-6-7-9-15/h4,10-11,13,15H,2-3,5-9,12H2,1H3. The predicted octanol–water partition coefficient (Wildman–Crippen LogP) is 5.17. The normalized spacial score (nSPS) is 15.8. The molecule has 0 radical (unpaired) electrons. The van der Waals surface area contributed by atoms with Crippen molar-refractivity contribution in [2.45, 2.75) is 51.4 Å². The van der Waals surface area contributed by atoms with E-state index in [1.807, 2.05) is 6.08 Å². The van der Waals surface area contributed by atoms with Gasteiger partial charge >= 0.3 is 0 Å². The molecular weight excluding hydrogens is 220 g/mol. The average Bonchev–Trinajstić information content (AvgIpc) is 2.93. The van der Waals surface area contributed by atoms with Crippen molar-refractivity contribution in [3.63, 3.8) is 0 Å². The van der Waals surface area contributed by atoms with Crippen molar-refractivity contribution in [2.75, 3.05) is 6.61 Å². The van der Waals surface area contributed by atoms with Crippen molar-refractivity contribution in [3.8, 4) is 5.75 Å². The molecular formula is C17H24O. The molecule has 98 valence electrons. The van der Waals surface area contributed by atoms with Gasteiger partial charge in [0.05, 0.1) is 6.61 Å². The largest absolute Gasteiger partial charge is 0.493 e. The minimum atomic E-state index is 0.696. The first-order valence-corrected chi connectivity index (χ1v) is 7.24. The van der Waals surface area contributed by atoms with Crippen LogP contribution in [0.25, 0.3) is 6.08 Å². The van der Waals surface area contributed by atoms with Gasteiger partial charge in [0.25, 0.3) is 0 Å². The van der Waals surface area contributed by atoms with Gasteiger partial charge in [-0.15, -0.1) is 0 Å². The molecule has 0 atom stereocenters. The maximum Gasteiger partial charge on any atom is 0.122 e. The minimum Gasteiger partial charge on any atom is -0.493 e. The van der Waals surface area contributed by atoms with E-state index in [2.05, 4.69) is 31.7 Å². The minimum absolute atomic E-state index is 0.696. The Morgan fingerprint density at radius 1 is 1.33 bits per heavy atom. The third-order valence-electron chi connectivity index (χ3n) is 3.82. The summed E-state index contributed by atoms with van der Waals surface area (Å²) >= 11 is 0. The molecule has 0 unspecified atom stereocenters. The molecule has 0 amide bonds.